The normalized spacial score (nSPS) is 21.8. The van der Waals surface area contributed by atoms with Gasteiger partial charge in [-0.25, -0.2) is 0 Å². The van der Waals surface area contributed by atoms with Gasteiger partial charge in [-0.1, -0.05) is 82.3 Å². The minimum Gasteiger partial charge on any atom is -0.875 e. The summed E-state index contributed by atoms with van der Waals surface area (Å²) in [7, 11) is 1.87. The third kappa shape index (κ3) is 29.1. The van der Waals surface area contributed by atoms with Crippen molar-refractivity contribution in [2.45, 2.75) is 114 Å². The molecule has 0 spiro atoms. The summed E-state index contributed by atoms with van der Waals surface area (Å²) in [6.07, 6.45) is -3.34. The Labute approximate surface area is 630 Å². The summed E-state index contributed by atoms with van der Waals surface area (Å²) < 4.78 is 0. The molecule has 549 valence electrons. The number of nitrogens with one attached hydrogen (secondary N) is 6. The molecule has 1 aromatic heterocycles. The molecule has 12 N–H and O–H groups in total. The number of aromatic nitrogens is 1. The van der Waals surface area contributed by atoms with Crippen molar-refractivity contribution in [3.63, 3.8) is 0 Å². The first kappa shape index (κ1) is 84.8. The van der Waals surface area contributed by atoms with Gasteiger partial charge in [-0.3, -0.25) is 62.8 Å². The van der Waals surface area contributed by atoms with E-state index in [1.54, 1.807) is 75.5 Å². The number of hydrogen-bond acceptors (Lipinski definition) is 24. The number of carbonyl (C=O) groups excluding carboxylic acids is 10. The third-order valence-corrected chi connectivity index (χ3v) is 20.1. The van der Waals surface area contributed by atoms with Crippen molar-refractivity contribution >= 4 is 97.3 Å². The number of H-pyrrole nitrogens is 1. The maximum atomic E-state index is 15.4. The number of phenols is 1. The molecule has 4 aromatic rings. The summed E-state index contributed by atoms with van der Waals surface area (Å²) in [5.41, 5.74) is 8.14. The number of nitrogens with zero attached hydrogens (tertiary/aromatic N) is 4. The number of benzene rings is 3. The molecule has 3 heterocycles. The maximum Gasteiger partial charge on any atom is 0.309 e. The fourth-order valence-corrected chi connectivity index (χ4v) is 14.3. The van der Waals surface area contributed by atoms with Crippen LogP contribution in [0.15, 0.2) is 97.4 Å². The number of rotatable bonds is 28. The second kappa shape index (κ2) is 43.3. The molecule has 2 fully saturated rings. The number of ketones is 3. The molecule has 2 aliphatic heterocycles. The van der Waals surface area contributed by atoms with E-state index < -0.39 is 163 Å². The Morgan fingerprint density at radius 1 is 0.663 bits per heavy atom. The van der Waals surface area contributed by atoms with E-state index in [9.17, 15) is 69.3 Å². The summed E-state index contributed by atoms with van der Waals surface area (Å²) >= 11 is 0. The van der Waals surface area contributed by atoms with Gasteiger partial charge in [0.1, 0.15) is 17.8 Å². The number of aliphatic carboxylic acids is 3. The predicted molar refractivity (Wildman–Crippen MR) is 367 cm³/mol. The number of amides is 5. The van der Waals surface area contributed by atoms with E-state index in [2.05, 4.69) is 38.1 Å². The van der Waals surface area contributed by atoms with Crippen LogP contribution in [0.3, 0.4) is 0 Å². The van der Waals surface area contributed by atoms with Crippen LogP contribution >= 0.6 is 21.6 Å². The Balaban J connectivity index is 0.0000184. The molecule has 1 radical (unpaired) electrons. The van der Waals surface area contributed by atoms with Gasteiger partial charge in [-0.05, 0) is 81.0 Å². The van der Waals surface area contributed by atoms with Crippen LogP contribution in [0.25, 0.3) is 10.9 Å². The van der Waals surface area contributed by atoms with Gasteiger partial charge >= 0.3 is 5.97 Å². The standard InChI is InChI=1S/C69H95N11O18S2.Ac/c1-42(81)36-77-21-23-78(24-26-80(39-64(91)92)28-27-79(25-22-77)38-63(89)90)37-62(88)72-55(29-45-11-5-4-6-12-45)59(85)32-48-40-99-100-41-58(61(87)34-52(44(3)83)69(97)98)76-66(94)51(43(2)82)33-60(86)54(15-9-10-20-70)73-68(96)57(31-47-35-71-53-14-8-7-13-50(47)53)75-67(95)56(74-65(48)93)30-46-16-18-49(84)19-17-46;/h4-8,11-14,16-19,35,43-44,48,51-52,54-58,71,81-84H,1,9-10,15,20-34,36-41,70H2,2-3H3,(H,72,88)(H,73,96)(H,74,93)(H,75,95)(H,76,94)(H,89,90)(H,91,92)(H,97,98);/p-3/t43-,44-,48+,51+,52+,54+,55-,56+,57-,58+;/m1./s1/i;1-2. The number of aromatic amines is 1. The Hall–Kier alpha value is -6.83. The predicted octanol–water partition coefficient (Wildman–Crippen LogP) is -2.98. The van der Waals surface area contributed by atoms with Gasteiger partial charge in [0.05, 0.1) is 66.6 Å². The molecule has 0 saturated carbocycles. The number of Topliss-reactive ketones (excluding diaryl/α,β-unsaturated/α-hetero) is 3. The quantitative estimate of drug-likeness (QED) is 0.0154. The molecule has 2 aliphatic rings. The number of aliphatic hydroxyl groups is 2. The Bertz CT molecular complexity index is 3410. The SMILES string of the molecule is C=C([O-])CN1CCN(CC(=O)[O-])CCN(CC(=O)[O-])CCN(CC(=O)N[C@H](Cc2ccccc2)C(=O)C[C@H]2CSSC[C@@H](C(=O)C[C@H](C(=O)O)[C@@H](C)O)NC(=O)[C@H]([C@@H](C)O)CC(=O)[C@H](CCCCN)NC(=O)[C@@H](Cc3c[nH]c4ccccc34)NC(=O)[C@H](Cc3ccc(O)cc3)NC2=O)CC1.[225Ac]. The molecule has 2 saturated heterocycles. The van der Waals surface area contributed by atoms with Crippen molar-refractivity contribution in [3.8, 4) is 5.75 Å². The van der Waals surface area contributed by atoms with Crippen molar-refractivity contribution in [2.24, 2.45) is 23.5 Å². The first-order chi connectivity index (χ1) is 47.7. The molecule has 0 unspecified atom stereocenters. The first-order valence-corrected chi connectivity index (χ1v) is 35.8. The fourth-order valence-electron chi connectivity index (χ4n) is 11.8. The summed E-state index contributed by atoms with van der Waals surface area (Å²) in [6, 6.07) is 14.3. The van der Waals surface area contributed by atoms with E-state index in [0.29, 0.717) is 40.4 Å². The number of carbonyl (C=O) groups is 11. The van der Waals surface area contributed by atoms with Crippen LogP contribution in [0.4, 0.5) is 0 Å². The summed E-state index contributed by atoms with van der Waals surface area (Å²) in [6.45, 7) is 5.63. The maximum absolute atomic E-state index is 15.4. The van der Waals surface area contributed by atoms with Gasteiger partial charge < -0.3 is 82.6 Å². The number of fused-ring (bicyclic) bond motifs is 1. The third-order valence-electron chi connectivity index (χ3n) is 17.6. The zero-order valence-corrected chi connectivity index (χ0v) is 63.2. The van der Waals surface area contributed by atoms with E-state index >= 15 is 19.2 Å². The average molecular weight is 1650 g/mol. The van der Waals surface area contributed by atoms with Gasteiger partial charge in [0.15, 0.2) is 17.3 Å². The Morgan fingerprint density at radius 3 is 1.77 bits per heavy atom. The van der Waals surface area contributed by atoms with Crippen LogP contribution in [0.5, 0.6) is 5.75 Å². The van der Waals surface area contributed by atoms with Crippen LogP contribution < -0.4 is 47.6 Å². The topological polar surface area (TPSA) is 453 Å². The zero-order chi connectivity index (χ0) is 73.0. The van der Waals surface area contributed by atoms with Gasteiger partial charge in [0.25, 0.3) is 0 Å². The van der Waals surface area contributed by atoms with Crippen LogP contribution in [0, 0.1) is 61.8 Å². The smallest absolute Gasteiger partial charge is 0.309 e. The van der Waals surface area contributed by atoms with Crippen molar-refractivity contribution < 1.29 is 133 Å². The van der Waals surface area contributed by atoms with Crippen molar-refractivity contribution in [1.29, 1.82) is 0 Å². The number of hydrogen-bond donors (Lipinski definition) is 11. The minimum absolute atomic E-state index is 0. The summed E-state index contributed by atoms with van der Waals surface area (Å²) in [4.78, 5) is 164. The first-order valence-electron chi connectivity index (χ1n) is 33.3. The van der Waals surface area contributed by atoms with Crippen LogP contribution in [-0.4, -0.2) is 249 Å². The zero-order valence-electron chi connectivity index (χ0n) is 56.8. The summed E-state index contributed by atoms with van der Waals surface area (Å²) in [5, 5.41) is 92.5. The molecule has 101 heavy (non-hydrogen) atoms. The molecule has 3 aromatic carbocycles. The van der Waals surface area contributed by atoms with E-state index in [-0.39, 0.29) is 159 Å². The second-order valence-corrected chi connectivity index (χ2v) is 28.0. The molecule has 29 nitrogen and oxygen atoms in total. The monoisotopic (exact) mass is 1650 g/mol. The van der Waals surface area contributed by atoms with Crippen LogP contribution in [0.1, 0.15) is 69.1 Å². The largest absolute Gasteiger partial charge is 0.875 e. The Kier molecular flexibility index (Phi) is 36.4. The molecular formula is C69H92AcN11O18S2-3. The minimum atomic E-state index is -1.63. The number of aromatic hydroxyl groups is 1. The van der Waals surface area contributed by atoms with E-state index in [4.69, 9.17) is 5.73 Å². The van der Waals surface area contributed by atoms with Crippen LogP contribution in [0.2, 0.25) is 0 Å². The van der Waals surface area contributed by atoms with Crippen molar-refractivity contribution in [3.05, 3.63) is 114 Å². The van der Waals surface area contributed by atoms with Gasteiger partial charge in [0.2, 0.25) is 29.5 Å². The van der Waals surface area contributed by atoms with E-state index in [0.717, 1.165) is 21.6 Å². The molecule has 5 amide bonds. The van der Waals surface area contributed by atoms with Gasteiger partial charge in [-0.15, -0.1) is 12.3 Å². The second-order valence-electron chi connectivity index (χ2n) is 25.5. The number of carboxylic acids is 3. The molecular weight excluding hydrogens is 1560 g/mol. The number of aliphatic hydroxyl groups excluding tert-OH is 2. The number of nitrogens with two attached hydrogens (primary N) is 1. The molecule has 6 rings (SSSR count). The van der Waals surface area contributed by atoms with E-state index in [1.165, 1.54) is 43.0 Å². The number of unbranched alkanes of at least 4 members (excludes halogenated alkanes) is 1. The fraction of sp³-hybridized carbons (Fsp3) is 0.522. The van der Waals surface area contributed by atoms with E-state index in [1.807, 2.05) is 0 Å². The molecule has 0 aliphatic carbocycles. The van der Waals surface area contributed by atoms with Crippen LogP contribution in [-0.2, 0) is 72.0 Å². The van der Waals surface area contributed by atoms with Crippen molar-refractivity contribution in [2.75, 3.05) is 96.6 Å². The van der Waals surface area contributed by atoms with Gasteiger partial charge in [-0.2, -0.15) is 0 Å². The number of carboxylic acid groups (broad SMARTS) is 3. The van der Waals surface area contributed by atoms with Crippen molar-refractivity contribution in [1.82, 2.24) is 51.2 Å². The summed E-state index contributed by atoms with van der Waals surface area (Å²) in [5.74, 6) is -16.5. The molecule has 10 atom stereocenters. The number of para-hydroxylation sites is 1. The number of phenolic OH excluding ortho intramolecular Hbond substituents is 1. The van der Waals surface area contributed by atoms with Gasteiger partial charge in [0, 0.05) is 177 Å². The molecule has 0 bridgehead atoms. The Morgan fingerprint density at radius 2 is 1.21 bits per heavy atom. The average Bonchev–Trinajstić information content (AvgIpc) is 1.73. The molecule has 32 heteroatoms.